The van der Waals surface area contributed by atoms with Crippen LogP contribution in [0.25, 0.3) is 0 Å². The first-order valence-electron chi connectivity index (χ1n) is 9.30. The van der Waals surface area contributed by atoms with E-state index in [1.807, 2.05) is 0 Å². The minimum Gasteiger partial charge on any atom is -0.370 e. The second-order valence-electron chi connectivity index (χ2n) is 7.94. The van der Waals surface area contributed by atoms with Gasteiger partial charge in [0, 0.05) is 19.1 Å². The van der Waals surface area contributed by atoms with Crippen LogP contribution in [0, 0.1) is 5.92 Å². The van der Waals surface area contributed by atoms with Crippen molar-refractivity contribution in [3.63, 3.8) is 0 Å². The molecular formula is C18H34N2O. The third-order valence-corrected chi connectivity index (χ3v) is 5.88. The molecule has 2 heterocycles. The molecule has 3 fully saturated rings. The summed E-state index contributed by atoms with van der Waals surface area (Å²) in [5.41, 5.74) is 0.282. The molecule has 0 bridgehead atoms. The Morgan fingerprint density at radius 2 is 1.95 bits per heavy atom. The molecule has 3 aliphatic rings. The van der Waals surface area contributed by atoms with Gasteiger partial charge in [0.1, 0.15) is 0 Å². The van der Waals surface area contributed by atoms with Crippen molar-refractivity contribution >= 4 is 0 Å². The maximum atomic E-state index is 6.57. The van der Waals surface area contributed by atoms with Gasteiger partial charge in [-0.15, -0.1) is 0 Å². The molecule has 0 amide bonds. The monoisotopic (exact) mass is 294 g/mol. The minimum atomic E-state index is 0.282. The van der Waals surface area contributed by atoms with Gasteiger partial charge in [0.2, 0.25) is 0 Å². The van der Waals surface area contributed by atoms with Crippen molar-refractivity contribution in [3.05, 3.63) is 0 Å². The zero-order chi connectivity index (χ0) is 14.7. The number of nitrogens with one attached hydrogen (secondary N) is 1. The molecule has 0 aromatic heterocycles. The molecule has 3 heteroatoms. The van der Waals surface area contributed by atoms with Crippen LogP contribution in [0.2, 0.25) is 0 Å². The molecule has 1 N–H and O–H groups in total. The maximum absolute atomic E-state index is 6.57. The Morgan fingerprint density at radius 1 is 1.14 bits per heavy atom. The van der Waals surface area contributed by atoms with E-state index >= 15 is 0 Å². The summed E-state index contributed by atoms with van der Waals surface area (Å²) in [5, 5.41) is 3.71. The van der Waals surface area contributed by atoms with Crippen LogP contribution in [0.1, 0.15) is 65.2 Å². The highest BCUT2D eigenvalue weighted by Gasteiger charge is 2.41. The van der Waals surface area contributed by atoms with Gasteiger partial charge in [-0.2, -0.15) is 0 Å². The van der Waals surface area contributed by atoms with Crippen LogP contribution >= 0.6 is 0 Å². The van der Waals surface area contributed by atoms with Crippen LogP contribution in [-0.4, -0.2) is 48.8 Å². The van der Waals surface area contributed by atoms with E-state index in [0.29, 0.717) is 12.1 Å². The van der Waals surface area contributed by atoms with E-state index in [0.717, 1.165) is 12.5 Å². The summed E-state index contributed by atoms with van der Waals surface area (Å²) in [6.45, 7) is 9.45. The highest BCUT2D eigenvalue weighted by atomic mass is 16.5. The molecular weight excluding hydrogens is 260 g/mol. The molecule has 21 heavy (non-hydrogen) atoms. The molecule has 0 radical (unpaired) electrons. The first kappa shape index (κ1) is 15.8. The first-order valence-corrected chi connectivity index (χ1v) is 9.30. The molecule has 3 nitrogen and oxygen atoms in total. The molecule has 1 saturated carbocycles. The molecule has 3 rings (SSSR count). The average Bonchev–Trinajstić information content (AvgIpc) is 2.71. The van der Waals surface area contributed by atoms with E-state index in [4.69, 9.17) is 4.74 Å². The Balaban J connectivity index is 1.51. The van der Waals surface area contributed by atoms with Gasteiger partial charge < -0.3 is 10.1 Å². The van der Waals surface area contributed by atoms with Gasteiger partial charge >= 0.3 is 0 Å². The molecule has 2 atom stereocenters. The van der Waals surface area contributed by atoms with E-state index in [2.05, 4.69) is 24.1 Å². The lowest BCUT2D eigenvalue weighted by atomic mass is 9.83. The maximum Gasteiger partial charge on any atom is 0.0710 e. The van der Waals surface area contributed by atoms with Crippen molar-refractivity contribution in [1.82, 2.24) is 10.2 Å². The van der Waals surface area contributed by atoms with E-state index in [9.17, 15) is 0 Å². The Kier molecular flexibility index (Phi) is 5.23. The summed E-state index contributed by atoms with van der Waals surface area (Å²) in [7, 11) is 0. The zero-order valence-corrected chi connectivity index (χ0v) is 14.1. The summed E-state index contributed by atoms with van der Waals surface area (Å²) in [5.74, 6) is 0.722. The second-order valence-corrected chi connectivity index (χ2v) is 7.94. The molecule has 2 saturated heterocycles. The highest BCUT2D eigenvalue weighted by Crippen LogP contribution is 2.42. The second kappa shape index (κ2) is 6.97. The number of rotatable bonds is 3. The topological polar surface area (TPSA) is 24.5 Å². The van der Waals surface area contributed by atoms with Crippen molar-refractivity contribution in [1.29, 1.82) is 0 Å². The number of ether oxygens (including phenoxy) is 1. The van der Waals surface area contributed by atoms with Gasteiger partial charge in [0.25, 0.3) is 0 Å². The smallest absolute Gasteiger partial charge is 0.0710 e. The zero-order valence-electron chi connectivity index (χ0n) is 14.1. The van der Waals surface area contributed by atoms with Crippen molar-refractivity contribution in [2.75, 3.05) is 26.2 Å². The lowest BCUT2D eigenvalue weighted by molar-refractivity contribution is -0.0720. The SMILES string of the molecule is CC(C)C1CN(CC2CCC3(CCCCC3)O2)CCCN1. The standard InChI is InChI=1S/C18H34N2O/c1-15(2)17-14-20(12-6-11-19-17)13-16-7-10-18(21-16)8-4-3-5-9-18/h15-17,19H,3-14H2,1-2H3. The van der Waals surface area contributed by atoms with Crippen LogP contribution in [-0.2, 0) is 4.74 Å². The van der Waals surface area contributed by atoms with E-state index in [1.54, 1.807) is 0 Å². The molecule has 0 aromatic rings. The lowest BCUT2D eigenvalue weighted by Crippen LogP contribution is -2.44. The molecule has 122 valence electrons. The van der Waals surface area contributed by atoms with Crippen molar-refractivity contribution < 1.29 is 4.74 Å². The van der Waals surface area contributed by atoms with Crippen molar-refractivity contribution in [2.24, 2.45) is 5.92 Å². The molecule has 1 spiro atoms. The normalized spacial score (nSPS) is 34.4. The van der Waals surface area contributed by atoms with Crippen molar-refractivity contribution in [2.45, 2.75) is 83.0 Å². The molecule has 2 aliphatic heterocycles. The highest BCUT2D eigenvalue weighted by molar-refractivity contribution is 4.92. The van der Waals surface area contributed by atoms with Gasteiger partial charge in [-0.3, -0.25) is 4.90 Å². The summed E-state index contributed by atoms with van der Waals surface area (Å²) in [4.78, 5) is 2.66. The van der Waals surface area contributed by atoms with E-state index in [1.165, 1.54) is 71.0 Å². The Labute approximate surface area is 130 Å². The Hall–Kier alpha value is -0.120. The fourth-order valence-corrected chi connectivity index (χ4v) is 4.51. The fourth-order valence-electron chi connectivity index (χ4n) is 4.51. The van der Waals surface area contributed by atoms with Crippen LogP contribution < -0.4 is 5.32 Å². The summed E-state index contributed by atoms with van der Waals surface area (Å²) in [6.07, 6.45) is 11.2. The molecule has 0 aromatic carbocycles. The first-order chi connectivity index (χ1) is 10.2. The summed E-state index contributed by atoms with van der Waals surface area (Å²) >= 11 is 0. The van der Waals surface area contributed by atoms with Crippen LogP contribution in [0.5, 0.6) is 0 Å². The quantitative estimate of drug-likeness (QED) is 0.865. The third-order valence-electron chi connectivity index (χ3n) is 5.88. The predicted octanol–water partition coefficient (Wildman–Crippen LogP) is 3.19. The van der Waals surface area contributed by atoms with Gasteiger partial charge in [0.15, 0.2) is 0 Å². The van der Waals surface area contributed by atoms with Crippen LogP contribution in [0.3, 0.4) is 0 Å². The van der Waals surface area contributed by atoms with Gasteiger partial charge in [0.05, 0.1) is 11.7 Å². The van der Waals surface area contributed by atoms with E-state index < -0.39 is 0 Å². The largest absolute Gasteiger partial charge is 0.370 e. The average molecular weight is 294 g/mol. The Bertz CT molecular complexity index is 325. The van der Waals surface area contributed by atoms with Gasteiger partial charge in [-0.25, -0.2) is 0 Å². The van der Waals surface area contributed by atoms with Crippen molar-refractivity contribution in [3.8, 4) is 0 Å². The van der Waals surface area contributed by atoms with Gasteiger partial charge in [-0.05, 0) is 51.1 Å². The number of nitrogens with zero attached hydrogens (tertiary/aromatic N) is 1. The summed E-state index contributed by atoms with van der Waals surface area (Å²) < 4.78 is 6.57. The number of hydrogen-bond donors (Lipinski definition) is 1. The van der Waals surface area contributed by atoms with E-state index in [-0.39, 0.29) is 5.60 Å². The van der Waals surface area contributed by atoms with Gasteiger partial charge in [-0.1, -0.05) is 33.1 Å². The van der Waals surface area contributed by atoms with Crippen LogP contribution in [0.15, 0.2) is 0 Å². The van der Waals surface area contributed by atoms with Crippen LogP contribution in [0.4, 0.5) is 0 Å². The fraction of sp³-hybridized carbons (Fsp3) is 1.00. The Morgan fingerprint density at radius 3 is 2.71 bits per heavy atom. The lowest BCUT2D eigenvalue weighted by Gasteiger charge is -2.34. The predicted molar refractivity (Wildman–Crippen MR) is 87.6 cm³/mol. The summed E-state index contributed by atoms with van der Waals surface area (Å²) in [6, 6.07) is 0.651. The molecule has 1 aliphatic carbocycles. The third kappa shape index (κ3) is 4.00. The molecule has 2 unspecified atom stereocenters. The number of hydrogen-bond acceptors (Lipinski definition) is 3. The minimum absolute atomic E-state index is 0.282.